The van der Waals surface area contributed by atoms with Gasteiger partial charge in [-0.1, -0.05) is 19.9 Å². The van der Waals surface area contributed by atoms with Crippen LogP contribution >= 0.6 is 0 Å². The van der Waals surface area contributed by atoms with Gasteiger partial charge in [-0.2, -0.15) is 0 Å². The number of carbonyl (C=O) groups is 1. The highest BCUT2D eigenvalue weighted by molar-refractivity contribution is 6.01. The van der Waals surface area contributed by atoms with Gasteiger partial charge in [-0.25, -0.2) is 4.79 Å². The number of aromatic nitrogens is 2. The van der Waals surface area contributed by atoms with E-state index in [0.717, 1.165) is 10.3 Å². The number of nitrogens with zero attached hydrogens (tertiary/aromatic N) is 2. The normalized spacial score (nSPS) is 19.4. The lowest BCUT2D eigenvalue weighted by Crippen LogP contribution is -2.45. The second kappa shape index (κ2) is 7.14. The van der Waals surface area contributed by atoms with E-state index in [4.69, 9.17) is 9.47 Å². The van der Waals surface area contributed by atoms with Gasteiger partial charge in [0.25, 0.3) is 5.56 Å². The van der Waals surface area contributed by atoms with E-state index >= 15 is 0 Å². The maximum absolute atomic E-state index is 13.4. The van der Waals surface area contributed by atoms with Crippen molar-refractivity contribution in [3.05, 3.63) is 61.4 Å². The summed E-state index contributed by atoms with van der Waals surface area (Å²) in [6, 6.07) is 5.34. The zero-order valence-corrected chi connectivity index (χ0v) is 18.7. The molecule has 0 fully saturated rings. The minimum absolute atomic E-state index is 0.0109. The Morgan fingerprint density at radius 3 is 2.39 bits per heavy atom. The largest absolute Gasteiger partial charge is 0.497 e. The summed E-state index contributed by atoms with van der Waals surface area (Å²) < 4.78 is 13.4. The Labute approximate surface area is 180 Å². The van der Waals surface area contributed by atoms with Gasteiger partial charge in [-0.05, 0) is 17.9 Å². The Hall–Kier alpha value is -3.29. The van der Waals surface area contributed by atoms with Crippen molar-refractivity contribution in [2.24, 2.45) is 19.5 Å². The number of hydrogen-bond donors (Lipinski definition) is 1. The van der Waals surface area contributed by atoms with Crippen LogP contribution in [0.1, 0.15) is 43.7 Å². The molecule has 0 amide bonds. The van der Waals surface area contributed by atoms with E-state index in [9.17, 15) is 14.4 Å². The van der Waals surface area contributed by atoms with Crippen LogP contribution in [0, 0.1) is 5.41 Å². The number of allylic oxidation sites excluding steroid dienone is 2. The van der Waals surface area contributed by atoms with E-state index in [1.54, 1.807) is 33.4 Å². The van der Waals surface area contributed by atoms with Gasteiger partial charge in [0.1, 0.15) is 17.3 Å². The smallest absolute Gasteiger partial charge is 0.332 e. The van der Waals surface area contributed by atoms with Crippen molar-refractivity contribution in [1.29, 1.82) is 0 Å². The van der Waals surface area contributed by atoms with Crippen LogP contribution in [0.2, 0.25) is 0 Å². The number of nitrogens with one attached hydrogen (secondary N) is 1. The van der Waals surface area contributed by atoms with Crippen LogP contribution in [0.3, 0.4) is 0 Å². The monoisotopic (exact) mass is 425 g/mol. The van der Waals surface area contributed by atoms with Crippen LogP contribution in [-0.2, 0) is 18.9 Å². The summed E-state index contributed by atoms with van der Waals surface area (Å²) in [5.41, 5.74) is 1.26. The van der Waals surface area contributed by atoms with Crippen molar-refractivity contribution in [2.75, 3.05) is 19.5 Å². The maximum Gasteiger partial charge on any atom is 0.332 e. The molecule has 1 aromatic heterocycles. The van der Waals surface area contributed by atoms with E-state index in [1.807, 2.05) is 19.9 Å². The minimum atomic E-state index is -0.652. The first kappa shape index (κ1) is 21.0. The fourth-order valence-electron chi connectivity index (χ4n) is 4.72. The van der Waals surface area contributed by atoms with Gasteiger partial charge in [0.2, 0.25) is 0 Å². The third kappa shape index (κ3) is 3.17. The van der Waals surface area contributed by atoms with Gasteiger partial charge in [-0.3, -0.25) is 18.7 Å². The van der Waals surface area contributed by atoms with Gasteiger partial charge in [0, 0.05) is 43.4 Å². The number of fused-ring (bicyclic) bond motifs is 1. The summed E-state index contributed by atoms with van der Waals surface area (Å²) in [7, 11) is 6.17. The van der Waals surface area contributed by atoms with Crippen molar-refractivity contribution < 1.29 is 14.3 Å². The van der Waals surface area contributed by atoms with Crippen LogP contribution in [-0.4, -0.2) is 29.1 Å². The molecule has 0 saturated heterocycles. The second-order valence-corrected chi connectivity index (χ2v) is 8.97. The first-order valence-electron chi connectivity index (χ1n) is 10.1. The van der Waals surface area contributed by atoms with Crippen LogP contribution in [0.15, 0.2) is 39.1 Å². The van der Waals surface area contributed by atoms with Gasteiger partial charge >= 0.3 is 5.69 Å². The van der Waals surface area contributed by atoms with Gasteiger partial charge < -0.3 is 14.8 Å². The van der Waals surface area contributed by atoms with Crippen molar-refractivity contribution >= 4 is 11.6 Å². The van der Waals surface area contributed by atoms with E-state index in [1.165, 1.54) is 11.6 Å². The highest BCUT2D eigenvalue weighted by atomic mass is 16.5. The second-order valence-electron chi connectivity index (χ2n) is 8.97. The standard InChI is InChI=1S/C23H27N3O5/c1-23(2)10-14-18(15(27)11-23)17(13-8-7-12(30-5)9-16(13)31-6)19-20(24-14)25(3)22(29)26(4)21(19)28/h7-9,17,24H,10-11H2,1-6H3/t17-/m0/s1. The number of Topliss-reactive ketones (excluding diaryl/α,β-unsaturated/α-hetero) is 1. The number of hydrogen-bond acceptors (Lipinski definition) is 6. The number of methoxy groups -OCH3 is 2. The Bertz CT molecular complexity index is 1250. The van der Waals surface area contributed by atoms with Crippen molar-refractivity contribution in [1.82, 2.24) is 9.13 Å². The summed E-state index contributed by atoms with van der Waals surface area (Å²) >= 11 is 0. The molecule has 1 N–H and O–H groups in total. The molecule has 2 heterocycles. The molecule has 0 radical (unpaired) electrons. The molecule has 0 bridgehead atoms. The molecule has 4 rings (SSSR count). The molecule has 1 atom stereocenters. The van der Waals surface area contributed by atoms with Gasteiger partial charge in [0.15, 0.2) is 5.78 Å². The Morgan fingerprint density at radius 2 is 1.74 bits per heavy atom. The fraction of sp³-hybridized carbons (Fsp3) is 0.435. The zero-order chi connectivity index (χ0) is 22.7. The number of ketones is 1. The Kier molecular flexibility index (Phi) is 4.83. The fourth-order valence-corrected chi connectivity index (χ4v) is 4.72. The van der Waals surface area contributed by atoms with E-state index < -0.39 is 17.2 Å². The molecule has 0 saturated carbocycles. The number of anilines is 1. The molecule has 31 heavy (non-hydrogen) atoms. The Morgan fingerprint density at radius 1 is 1.03 bits per heavy atom. The lowest BCUT2D eigenvalue weighted by molar-refractivity contribution is -0.118. The average molecular weight is 425 g/mol. The molecule has 2 aliphatic rings. The van der Waals surface area contributed by atoms with Gasteiger partial charge in [-0.15, -0.1) is 0 Å². The summed E-state index contributed by atoms with van der Waals surface area (Å²) in [6.45, 7) is 4.08. The quantitative estimate of drug-likeness (QED) is 0.812. The predicted molar refractivity (Wildman–Crippen MR) is 117 cm³/mol. The van der Waals surface area contributed by atoms with Crippen LogP contribution in [0.25, 0.3) is 0 Å². The molecule has 1 aliphatic heterocycles. The molecule has 8 nitrogen and oxygen atoms in total. The summed E-state index contributed by atoms with van der Waals surface area (Å²) in [5.74, 6) is 0.871. The predicted octanol–water partition coefficient (Wildman–Crippen LogP) is 2.30. The molecule has 0 unspecified atom stereocenters. The molecule has 0 spiro atoms. The topological polar surface area (TPSA) is 91.6 Å². The van der Waals surface area contributed by atoms with Gasteiger partial charge in [0.05, 0.1) is 25.7 Å². The highest BCUT2D eigenvalue weighted by Gasteiger charge is 2.43. The first-order valence-corrected chi connectivity index (χ1v) is 10.1. The average Bonchev–Trinajstić information content (AvgIpc) is 2.73. The number of carbonyl (C=O) groups excluding carboxylic acids is 1. The van der Waals surface area contributed by atoms with E-state index in [2.05, 4.69) is 5.32 Å². The maximum atomic E-state index is 13.4. The number of ether oxygens (including phenoxy) is 2. The summed E-state index contributed by atoms with van der Waals surface area (Å²) in [4.78, 5) is 39.3. The zero-order valence-electron chi connectivity index (χ0n) is 18.7. The van der Waals surface area contributed by atoms with E-state index in [0.29, 0.717) is 46.9 Å². The van der Waals surface area contributed by atoms with Crippen molar-refractivity contribution in [3.63, 3.8) is 0 Å². The highest BCUT2D eigenvalue weighted by Crippen LogP contribution is 2.49. The van der Waals surface area contributed by atoms with Crippen LogP contribution in [0.5, 0.6) is 11.5 Å². The first-order chi connectivity index (χ1) is 14.6. The SMILES string of the molecule is COc1ccc([C@H]2C3=C(CC(C)(C)CC3=O)Nc3c2c(=O)n(C)c(=O)n3C)c(OC)c1. The third-order valence-corrected chi connectivity index (χ3v) is 6.22. The molecule has 164 valence electrons. The van der Waals surface area contributed by atoms with Crippen LogP contribution < -0.4 is 26.0 Å². The molecule has 1 aromatic carbocycles. The van der Waals surface area contributed by atoms with Crippen LogP contribution in [0.4, 0.5) is 5.82 Å². The van der Waals surface area contributed by atoms with Crippen molar-refractivity contribution in [3.8, 4) is 11.5 Å². The number of rotatable bonds is 3. The molecule has 2 aromatic rings. The van der Waals surface area contributed by atoms with E-state index in [-0.39, 0.29) is 11.2 Å². The third-order valence-electron chi connectivity index (χ3n) is 6.22. The lowest BCUT2D eigenvalue weighted by Gasteiger charge is -2.39. The number of benzene rings is 1. The molecule has 8 heteroatoms. The molecular formula is C23H27N3O5. The summed E-state index contributed by atoms with van der Waals surface area (Å²) in [5, 5.41) is 3.26. The van der Waals surface area contributed by atoms with Crippen molar-refractivity contribution in [2.45, 2.75) is 32.6 Å². The Balaban J connectivity index is 2.09. The minimum Gasteiger partial charge on any atom is -0.497 e. The molecule has 1 aliphatic carbocycles. The molecular weight excluding hydrogens is 398 g/mol. The lowest BCUT2D eigenvalue weighted by atomic mass is 9.69. The summed E-state index contributed by atoms with van der Waals surface area (Å²) in [6.07, 6.45) is 1.01.